The Bertz CT molecular complexity index is 1590. The molecular weight excluding hydrogens is 662 g/mol. The fraction of sp³-hybridized carbons (Fsp3) is 0.333. The maximum Gasteiger partial charge on any atom is 0.417 e. The molecule has 0 fully saturated rings. The van der Waals surface area contributed by atoms with Gasteiger partial charge >= 0.3 is 6.18 Å². The Hall–Kier alpha value is -2.99. The summed E-state index contributed by atoms with van der Waals surface area (Å²) < 4.78 is 69.7. The molecule has 0 unspecified atom stereocenters. The van der Waals surface area contributed by atoms with Crippen molar-refractivity contribution in [2.75, 3.05) is 10.8 Å². The van der Waals surface area contributed by atoms with Gasteiger partial charge in [0.25, 0.3) is 10.0 Å². The zero-order valence-corrected chi connectivity index (χ0v) is 27.1. The number of hydrogen-bond donors (Lipinski definition) is 1. The molecule has 3 aromatic carbocycles. The number of amides is 2. The lowest BCUT2D eigenvalue weighted by Crippen LogP contribution is -2.53. The van der Waals surface area contributed by atoms with Crippen LogP contribution >= 0.6 is 34.8 Å². The minimum Gasteiger partial charge on any atom is -0.352 e. The van der Waals surface area contributed by atoms with Crippen molar-refractivity contribution in [3.8, 4) is 0 Å². The quantitative estimate of drug-likeness (QED) is 0.212. The van der Waals surface area contributed by atoms with E-state index in [1.54, 1.807) is 26.0 Å². The van der Waals surface area contributed by atoms with Crippen LogP contribution in [0.2, 0.25) is 15.1 Å². The Morgan fingerprint density at radius 2 is 1.52 bits per heavy atom. The molecule has 0 radical (unpaired) electrons. The molecule has 7 nitrogen and oxygen atoms in total. The molecule has 14 heteroatoms. The van der Waals surface area contributed by atoms with Gasteiger partial charge < -0.3 is 10.2 Å². The van der Waals surface area contributed by atoms with Crippen molar-refractivity contribution >= 4 is 62.3 Å². The van der Waals surface area contributed by atoms with E-state index >= 15 is 0 Å². The number of nitrogens with one attached hydrogen (secondary N) is 1. The molecule has 3 aromatic rings. The highest BCUT2D eigenvalue weighted by atomic mass is 35.5. The minimum atomic E-state index is -4.90. The van der Waals surface area contributed by atoms with E-state index in [0.717, 1.165) is 12.1 Å². The summed E-state index contributed by atoms with van der Waals surface area (Å²) in [4.78, 5) is 28.4. The monoisotopic (exact) mass is 691 g/mol. The van der Waals surface area contributed by atoms with E-state index in [0.29, 0.717) is 22.4 Å². The van der Waals surface area contributed by atoms with Gasteiger partial charge in [-0.3, -0.25) is 13.9 Å². The number of alkyl halides is 3. The SMILES string of the molecule is CC[C@@H](C)NC(=O)[C@H](CC)N(Cc1ccc(Cl)c(Cl)c1)C(=O)CN(c1ccc(Cl)c(C(F)(F)F)c1)S(=O)(=O)c1ccccc1. The number of rotatable bonds is 12. The third kappa shape index (κ3) is 8.59. The van der Waals surface area contributed by atoms with E-state index in [2.05, 4.69) is 5.32 Å². The van der Waals surface area contributed by atoms with E-state index in [-0.39, 0.29) is 33.9 Å². The third-order valence-electron chi connectivity index (χ3n) is 6.88. The fourth-order valence-corrected chi connectivity index (χ4v) is 6.30. The molecule has 0 saturated carbocycles. The molecule has 3 rings (SSSR count). The van der Waals surface area contributed by atoms with Gasteiger partial charge in [0.15, 0.2) is 0 Å². The first-order valence-corrected chi connectivity index (χ1v) is 16.2. The van der Waals surface area contributed by atoms with Gasteiger partial charge in [-0.05, 0) is 67.8 Å². The summed E-state index contributed by atoms with van der Waals surface area (Å²) >= 11 is 18.1. The number of carbonyl (C=O) groups excluding carboxylic acids is 2. The Balaban J connectivity index is 2.15. The highest BCUT2D eigenvalue weighted by Crippen LogP contribution is 2.38. The van der Waals surface area contributed by atoms with Crippen LogP contribution < -0.4 is 9.62 Å². The Morgan fingerprint density at radius 1 is 0.886 bits per heavy atom. The second kappa shape index (κ2) is 14.9. The van der Waals surface area contributed by atoms with Gasteiger partial charge in [-0.25, -0.2) is 8.42 Å². The van der Waals surface area contributed by atoms with Gasteiger partial charge in [0.05, 0.1) is 31.2 Å². The topological polar surface area (TPSA) is 86.8 Å². The number of nitrogens with zero attached hydrogens (tertiary/aromatic N) is 2. The van der Waals surface area contributed by atoms with Crippen molar-refractivity contribution in [2.24, 2.45) is 0 Å². The first kappa shape index (κ1) is 35.5. The summed E-state index contributed by atoms with van der Waals surface area (Å²) in [7, 11) is -4.58. The lowest BCUT2D eigenvalue weighted by molar-refractivity contribution is -0.140. The van der Waals surface area contributed by atoms with Gasteiger partial charge in [-0.15, -0.1) is 0 Å². The molecule has 0 spiro atoms. The molecule has 2 atom stereocenters. The smallest absolute Gasteiger partial charge is 0.352 e. The molecular formula is C30H31Cl3F3N3O4S. The molecule has 2 amide bonds. The lowest BCUT2D eigenvalue weighted by Gasteiger charge is -2.34. The van der Waals surface area contributed by atoms with Crippen molar-refractivity contribution in [1.82, 2.24) is 10.2 Å². The van der Waals surface area contributed by atoms with Crippen molar-refractivity contribution < 1.29 is 31.2 Å². The zero-order chi connectivity index (χ0) is 32.8. The van der Waals surface area contributed by atoms with Gasteiger partial charge in [-0.1, -0.05) is 72.9 Å². The molecule has 0 bridgehead atoms. The van der Waals surface area contributed by atoms with Crippen molar-refractivity contribution in [1.29, 1.82) is 0 Å². The summed E-state index contributed by atoms with van der Waals surface area (Å²) in [5.74, 6) is -1.32. The van der Waals surface area contributed by atoms with Crippen LogP contribution in [0, 0.1) is 0 Å². The number of hydrogen-bond acceptors (Lipinski definition) is 4. The summed E-state index contributed by atoms with van der Waals surface area (Å²) in [5, 5.41) is 2.66. The fourth-order valence-electron chi connectivity index (χ4n) is 4.33. The highest BCUT2D eigenvalue weighted by molar-refractivity contribution is 7.92. The molecule has 238 valence electrons. The normalized spacial score (nSPS) is 13.2. The van der Waals surface area contributed by atoms with Crippen LogP contribution in [-0.4, -0.2) is 43.8 Å². The lowest BCUT2D eigenvalue weighted by atomic mass is 10.1. The van der Waals surface area contributed by atoms with Gasteiger partial charge in [0.1, 0.15) is 12.6 Å². The van der Waals surface area contributed by atoms with Crippen LogP contribution in [0.5, 0.6) is 0 Å². The molecule has 0 saturated heterocycles. The summed E-state index contributed by atoms with van der Waals surface area (Å²) in [6, 6.07) is 12.9. The number of sulfonamides is 1. The first-order valence-electron chi connectivity index (χ1n) is 13.6. The largest absolute Gasteiger partial charge is 0.417 e. The predicted octanol–water partition coefficient (Wildman–Crippen LogP) is 7.58. The van der Waals surface area contributed by atoms with E-state index < -0.39 is 56.9 Å². The van der Waals surface area contributed by atoms with Crippen LogP contribution in [0.15, 0.2) is 71.6 Å². The molecule has 1 N–H and O–H groups in total. The van der Waals surface area contributed by atoms with Crippen LogP contribution in [0.3, 0.4) is 0 Å². The summed E-state index contributed by atoms with van der Waals surface area (Å²) in [6.45, 7) is 4.25. The van der Waals surface area contributed by atoms with Gasteiger partial charge in [-0.2, -0.15) is 13.2 Å². The van der Waals surface area contributed by atoms with E-state index in [4.69, 9.17) is 34.8 Å². The minimum absolute atomic E-state index is 0.153. The molecule has 0 aromatic heterocycles. The average Bonchev–Trinajstić information content (AvgIpc) is 2.97. The Kier molecular flexibility index (Phi) is 12.0. The maximum absolute atomic E-state index is 14.1. The van der Waals surface area contributed by atoms with Crippen molar-refractivity contribution in [3.05, 3.63) is 92.9 Å². The summed E-state index contributed by atoms with van der Waals surface area (Å²) in [5.41, 5.74) is -1.22. The number of carbonyl (C=O) groups is 2. The number of anilines is 1. The second-order valence-electron chi connectivity index (χ2n) is 10.00. The molecule has 0 aliphatic heterocycles. The summed E-state index contributed by atoms with van der Waals surface area (Å²) in [6.07, 6.45) is -4.13. The molecule has 0 heterocycles. The second-order valence-corrected chi connectivity index (χ2v) is 13.1. The highest BCUT2D eigenvalue weighted by Gasteiger charge is 2.37. The number of benzene rings is 3. The average molecular weight is 693 g/mol. The van der Waals surface area contributed by atoms with Crippen LogP contribution in [0.25, 0.3) is 0 Å². The van der Waals surface area contributed by atoms with Crippen molar-refractivity contribution in [2.45, 2.75) is 63.3 Å². The Morgan fingerprint density at radius 3 is 2.09 bits per heavy atom. The van der Waals surface area contributed by atoms with Crippen LogP contribution in [0.1, 0.15) is 44.7 Å². The molecule has 0 aliphatic rings. The third-order valence-corrected chi connectivity index (χ3v) is 9.73. The number of halogens is 6. The predicted molar refractivity (Wildman–Crippen MR) is 166 cm³/mol. The van der Waals surface area contributed by atoms with E-state index in [9.17, 15) is 31.2 Å². The zero-order valence-electron chi connectivity index (χ0n) is 24.0. The molecule has 0 aliphatic carbocycles. The van der Waals surface area contributed by atoms with Crippen LogP contribution in [0.4, 0.5) is 18.9 Å². The van der Waals surface area contributed by atoms with Gasteiger partial charge in [0, 0.05) is 12.6 Å². The van der Waals surface area contributed by atoms with E-state index in [1.165, 1.54) is 41.3 Å². The maximum atomic E-state index is 14.1. The first-order chi connectivity index (χ1) is 20.6. The van der Waals surface area contributed by atoms with Crippen molar-refractivity contribution in [3.63, 3.8) is 0 Å². The standard InChI is InChI=1S/C30H31Cl3F3N3O4S/c1-4-19(3)37-29(41)27(5-2)38(17-20-11-13-25(32)26(33)15-20)28(40)18-39(44(42,43)22-9-7-6-8-10-22)21-12-14-24(31)23(16-21)30(34,35)36/h6-16,19,27H,4-5,17-18H2,1-3H3,(H,37,41)/t19-,27+/m1/s1. The van der Waals surface area contributed by atoms with E-state index in [1.807, 2.05) is 6.92 Å². The van der Waals surface area contributed by atoms with Gasteiger partial charge in [0.2, 0.25) is 11.8 Å². The molecule has 44 heavy (non-hydrogen) atoms. The van der Waals surface area contributed by atoms with Crippen LogP contribution in [-0.2, 0) is 32.3 Å². The Labute approximate surface area is 269 Å².